The lowest BCUT2D eigenvalue weighted by atomic mass is 10.0. The molecule has 1 aromatic carbocycles. The number of methoxy groups -OCH3 is 2. The highest BCUT2D eigenvalue weighted by Crippen LogP contribution is 2.14. The van der Waals surface area contributed by atoms with Crippen molar-refractivity contribution in [3.8, 4) is 0 Å². The first-order valence-corrected chi connectivity index (χ1v) is 13.4. The number of hydrogen-bond acceptors (Lipinski definition) is 4. The Labute approximate surface area is 225 Å². The zero-order chi connectivity index (χ0) is 22.8. The van der Waals surface area contributed by atoms with E-state index in [1.165, 1.54) is 45.1 Å². The van der Waals surface area contributed by atoms with E-state index in [0.717, 1.165) is 52.0 Å². The van der Waals surface area contributed by atoms with E-state index in [4.69, 9.17) is 9.47 Å². The van der Waals surface area contributed by atoms with Gasteiger partial charge >= 0.3 is 0 Å². The average molecular weight is 546 g/mol. The first kappa shape index (κ1) is 31.0. The van der Waals surface area contributed by atoms with Crippen molar-refractivity contribution in [2.45, 2.75) is 65.5 Å². The summed E-state index contributed by atoms with van der Waals surface area (Å²) >= 11 is 3.70. The SMILES string of the molecule is COCCc1sc[n+](CCCc2ccc(CCC[n+]3csc(CCOC)c3C)cc2)c1C.[Cl-].[Cl-]. The fourth-order valence-electron chi connectivity index (χ4n) is 3.99. The molecule has 0 N–H and O–H groups in total. The number of rotatable bonds is 14. The van der Waals surface area contributed by atoms with Crippen LogP contribution in [0.5, 0.6) is 0 Å². The number of aryl methyl sites for hydroxylation is 4. The summed E-state index contributed by atoms with van der Waals surface area (Å²) in [6.07, 6.45) is 6.63. The van der Waals surface area contributed by atoms with Gasteiger partial charge in [-0.05, 0) is 24.0 Å². The molecule has 34 heavy (non-hydrogen) atoms. The zero-order valence-corrected chi connectivity index (χ0v) is 24.0. The maximum absolute atomic E-state index is 5.22. The van der Waals surface area contributed by atoms with Gasteiger partial charge in [0.1, 0.15) is 13.1 Å². The largest absolute Gasteiger partial charge is 1.00 e. The third-order valence-corrected chi connectivity index (χ3v) is 8.42. The fourth-order valence-corrected chi connectivity index (χ4v) is 6.01. The van der Waals surface area contributed by atoms with Crippen LogP contribution in [0.25, 0.3) is 0 Å². The number of thiazole rings is 2. The third-order valence-electron chi connectivity index (χ3n) is 6.13. The van der Waals surface area contributed by atoms with E-state index in [1.54, 1.807) is 14.2 Å². The standard InChI is InChI=1S/C26H38N2O2S2.2ClH/c1-21-25(13-17-29-3)31-19-27(21)15-5-7-23-9-11-24(12-10-23)8-6-16-28-20-32-26(22(28)2)14-18-30-4;;/h9-12,19-20H,5-8,13-18H2,1-4H3;2*1H/q+2;;/p-2. The minimum atomic E-state index is 0. The van der Waals surface area contributed by atoms with Crippen LogP contribution in [-0.4, -0.2) is 27.4 Å². The Kier molecular flexibility index (Phi) is 15.2. The van der Waals surface area contributed by atoms with Gasteiger partial charge in [-0.15, -0.1) is 0 Å². The van der Waals surface area contributed by atoms with Crippen LogP contribution in [0, 0.1) is 13.8 Å². The van der Waals surface area contributed by atoms with Gasteiger partial charge in [0.2, 0.25) is 11.0 Å². The van der Waals surface area contributed by atoms with Gasteiger partial charge in [0.15, 0.2) is 11.4 Å². The van der Waals surface area contributed by atoms with Crippen LogP contribution in [0.1, 0.15) is 45.1 Å². The maximum atomic E-state index is 5.22. The van der Waals surface area contributed by atoms with Crippen LogP contribution in [0.4, 0.5) is 0 Å². The molecule has 0 aliphatic rings. The number of nitrogens with zero attached hydrogens (tertiary/aromatic N) is 2. The van der Waals surface area contributed by atoms with Crippen molar-refractivity contribution in [1.29, 1.82) is 0 Å². The monoisotopic (exact) mass is 544 g/mol. The molecule has 2 aromatic heterocycles. The molecule has 3 aromatic rings. The highest BCUT2D eigenvalue weighted by atomic mass is 35.5. The fraction of sp³-hybridized carbons (Fsp3) is 0.538. The summed E-state index contributed by atoms with van der Waals surface area (Å²) < 4.78 is 15.2. The Balaban J connectivity index is 0.00000289. The molecule has 0 radical (unpaired) electrons. The molecule has 0 spiro atoms. The quantitative estimate of drug-likeness (QED) is 0.235. The van der Waals surface area contributed by atoms with E-state index < -0.39 is 0 Å². The van der Waals surface area contributed by atoms with Gasteiger partial charge < -0.3 is 34.3 Å². The third kappa shape index (κ3) is 9.21. The van der Waals surface area contributed by atoms with Gasteiger partial charge in [-0.1, -0.05) is 46.9 Å². The summed E-state index contributed by atoms with van der Waals surface area (Å²) in [5.74, 6) is 0. The second-order valence-corrected chi connectivity index (χ2v) is 10.2. The second kappa shape index (κ2) is 16.6. The smallest absolute Gasteiger partial charge is 0.225 e. The van der Waals surface area contributed by atoms with Crippen LogP contribution in [0.15, 0.2) is 35.3 Å². The predicted octanol–water partition coefficient (Wildman–Crippen LogP) is -1.35. The van der Waals surface area contributed by atoms with Gasteiger partial charge in [0, 0.05) is 53.8 Å². The molecule has 0 unspecified atom stereocenters. The van der Waals surface area contributed by atoms with Gasteiger partial charge in [-0.3, -0.25) is 0 Å². The summed E-state index contributed by atoms with van der Waals surface area (Å²) in [5, 5.41) is 0. The Morgan fingerprint density at radius 3 is 1.38 bits per heavy atom. The molecule has 0 bridgehead atoms. The number of ether oxygens (including phenoxy) is 2. The van der Waals surface area contributed by atoms with E-state index in [-0.39, 0.29) is 24.8 Å². The topological polar surface area (TPSA) is 26.2 Å². The lowest BCUT2D eigenvalue weighted by Crippen LogP contribution is -3.00. The van der Waals surface area contributed by atoms with Gasteiger partial charge in [0.25, 0.3) is 0 Å². The van der Waals surface area contributed by atoms with Crippen molar-refractivity contribution in [2.75, 3.05) is 27.4 Å². The lowest BCUT2D eigenvalue weighted by Gasteiger charge is -2.04. The van der Waals surface area contributed by atoms with Crippen LogP contribution >= 0.6 is 22.7 Å². The zero-order valence-electron chi connectivity index (χ0n) is 20.8. The molecule has 0 saturated carbocycles. The minimum absolute atomic E-state index is 0. The second-order valence-electron chi connectivity index (χ2n) is 8.36. The normalized spacial score (nSPS) is 10.7. The predicted molar refractivity (Wildman–Crippen MR) is 133 cm³/mol. The van der Waals surface area contributed by atoms with E-state index in [0.29, 0.717) is 0 Å². The Hall–Kier alpha value is -1.02. The van der Waals surface area contributed by atoms with E-state index >= 15 is 0 Å². The van der Waals surface area contributed by atoms with Crippen molar-refractivity contribution in [1.82, 2.24) is 0 Å². The number of halogens is 2. The molecule has 0 aliphatic heterocycles. The van der Waals surface area contributed by atoms with Crippen LogP contribution in [0.3, 0.4) is 0 Å². The molecule has 0 fully saturated rings. The Bertz CT molecular complexity index is 881. The van der Waals surface area contributed by atoms with E-state index in [1.807, 2.05) is 22.7 Å². The maximum Gasteiger partial charge on any atom is 0.225 e. The highest BCUT2D eigenvalue weighted by molar-refractivity contribution is 7.09. The lowest BCUT2D eigenvalue weighted by molar-refractivity contribution is -0.698. The summed E-state index contributed by atoms with van der Waals surface area (Å²) in [4.78, 5) is 2.89. The molecular formula is C26H38Cl2N2O2S2. The number of aromatic nitrogens is 2. The molecule has 0 amide bonds. The van der Waals surface area contributed by atoms with Crippen LogP contribution < -0.4 is 33.9 Å². The molecule has 0 saturated heterocycles. The van der Waals surface area contributed by atoms with Crippen molar-refractivity contribution in [2.24, 2.45) is 0 Å². The van der Waals surface area contributed by atoms with Crippen molar-refractivity contribution >= 4 is 22.7 Å². The number of benzene rings is 1. The summed E-state index contributed by atoms with van der Waals surface area (Å²) in [6.45, 7) is 8.23. The first-order chi connectivity index (χ1) is 15.6. The average Bonchev–Trinajstić information content (AvgIpc) is 3.34. The molecule has 3 rings (SSSR count). The number of hydrogen-bond donors (Lipinski definition) is 0. The van der Waals surface area contributed by atoms with Gasteiger partial charge in [-0.2, -0.15) is 9.13 Å². The van der Waals surface area contributed by atoms with Gasteiger partial charge in [-0.25, -0.2) is 0 Å². The molecule has 8 heteroatoms. The van der Waals surface area contributed by atoms with Gasteiger partial charge in [0.05, 0.1) is 23.0 Å². The minimum Gasteiger partial charge on any atom is -1.00 e. The summed E-state index contributed by atoms with van der Waals surface area (Å²) in [7, 11) is 3.54. The summed E-state index contributed by atoms with van der Waals surface area (Å²) in [5.41, 5.74) is 10.2. The van der Waals surface area contributed by atoms with Crippen LogP contribution in [-0.2, 0) is 48.2 Å². The van der Waals surface area contributed by atoms with E-state index in [9.17, 15) is 0 Å². The Morgan fingerprint density at radius 1 is 0.647 bits per heavy atom. The van der Waals surface area contributed by atoms with Crippen molar-refractivity contribution in [3.05, 3.63) is 67.6 Å². The molecule has 0 atom stereocenters. The van der Waals surface area contributed by atoms with E-state index in [2.05, 4.69) is 58.3 Å². The Morgan fingerprint density at radius 2 is 1.03 bits per heavy atom. The molecular weight excluding hydrogens is 507 g/mol. The van der Waals surface area contributed by atoms with Crippen molar-refractivity contribution in [3.63, 3.8) is 0 Å². The highest BCUT2D eigenvalue weighted by Gasteiger charge is 2.15. The van der Waals surface area contributed by atoms with Crippen molar-refractivity contribution < 1.29 is 43.4 Å². The molecule has 0 aliphatic carbocycles. The van der Waals surface area contributed by atoms with Crippen LogP contribution in [0.2, 0.25) is 0 Å². The molecule has 2 heterocycles. The first-order valence-electron chi connectivity index (χ1n) is 11.6. The summed E-state index contributed by atoms with van der Waals surface area (Å²) in [6, 6.07) is 9.26. The molecule has 190 valence electrons. The molecule has 4 nitrogen and oxygen atoms in total.